The van der Waals surface area contributed by atoms with Gasteiger partial charge in [-0.1, -0.05) is 84.5 Å². The number of para-hydroxylation sites is 2. The molecule has 38 heavy (non-hydrogen) atoms. The van der Waals surface area contributed by atoms with Crippen LogP contribution < -0.4 is 15.1 Å². The lowest BCUT2D eigenvalue weighted by molar-refractivity contribution is -0.156. The molecule has 0 aliphatic carbocycles. The highest BCUT2D eigenvalue weighted by Crippen LogP contribution is 2.60. The molecule has 0 unspecified atom stereocenters. The van der Waals surface area contributed by atoms with E-state index in [1.54, 1.807) is 43.1 Å². The molecule has 0 aromatic heterocycles. The highest BCUT2D eigenvalue weighted by atomic mass is 35.5. The zero-order valence-electron chi connectivity index (χ0n) is 20.7. The molecular formula is C29H24ClN3O4S. The standard InChI is InChI=1S/C29H24ClN3O4S/c1-3-37-24(34)23-28(19-13-9-14-20(30)22(19)32(2)26(28)35)25(38)31-29(23)18-12-7-8-15-21(18)33(27(29)36)16-17-10-5-4-6-11-17/h4-15,23H,3,16H2,1-2H3,(H,31,38)/t23-,28-,29-/m1/s1. The number of hydrogen-bond acceptors (Lipinski definition) is 5. The molecule has 2 spiro atoms. The number of halogens is 1. The highest BCUT2D eigenvalue weighted by Gasteiger charge is 2.76. The van der Waals surface area contributed by atoms with Crippen LogP contribution in [0.25, 0.3) is 0 Å². The number of ether oxygens (including phenoxy) is 1. The average Bonchev–Trinajstić information content (AvgIpc) is 3.42. The Hall–Kier alpha value is -3.75. The number of amides is 2. The summed E-state index contributed by atoms with van der Waals surface area (Å²) in [4.78, 5) is 46.0. The lowest BCUT2D eigenvalue weighted by Crippen LogP contribution is -2.56. The molecule has 9 heteroatoms. The summed E-state index contributed by atoms with van der Waals surface area (Å²) in [5.74, 6) is -2.78. The van der Waals surface area contributed by atoms with Crippen molar-refractivity contribution in [1.82, 2.24) is 5.32 Å². The summed E-state index contributed by atoms with van der Waals surface area (Å²) in [6.07, 6.45) is 0. The van der Waals surface area contributed by atoms with Crippen molar-refractivity contribution in [3.8, 4) is 0 Å². The molecule has 3 aromatic carbocycles. The number of esters is 1. The molecule has 1 N–H and O–H groups in total. The Morgan fingerprint density at radius 3 is 2.42 bits per heavy atom. The number of likely N-dealkylation sites (N-methyl/N-ethyl adjacent to an activating group) is 1. The molecule has 0 bridgehead atoms. The second-order valence-corrected chi connectivity index (χ2v) is 10.5. The summed E-state index contributed by atoms with van der Waals surface area (Å²) >= 11 is 12.5. The number of nitrogens with zero attached hydrogens (tertiary/aromatic N) is 2. The molecule has 1 fully saturated rings. The molecule has 6 rings (SSSR count). The third-order valence-electron chi connectivity index (χ3n) is 7.83. The smallest absolute Gasteiger partial charge is 0.314 e. The number of fused-ring (bicyclic) bond motifs is 4. The molecule has 7 nitrogen and oxygen atoms in total. The second kappa shape index (κ2) is 8.64. The van der Waals surface area contributed by atoms with Crippen LogP contribution in [0.1, 0.15) is 23.6 Å². The van der Waals surface area contributed by atoms with Crippen LogP contribution in [0.15, 0.2) is 72.8 Å². The summed E-state index contributed by atoms with van der Waals surface area (Å²) in [5, 5.41) is 3.59. The van der Waals surface area contributed by atoms with Crippen molar-refractivity contribution in [2.24, 2.45) is 5.92 Å². The lowest BCUT2D eigenvalue weighted by atomic mass is 9.65. The lowest BCUT2D eigenvalue weighted by Gasteiger charge is -2.34. The van der Waals surface area contributed by atoms with E-state index >= 15 is 0 Å². The van der Waals surface area contributed by atoms with Crippen LogP contribution in [-0.2, 0) is 36.6 Å². The predicted molar refractivity (Wildman–Crippen MR) is 148 cm³/mol. The van der Waals surface area contributed by atoms with Gasteiger partial charge in [0.2, 0.25) is 5.91 Å². The van der Waals surface area contributed by atoms with Gasteiger partial charge in [0.1, 0.15) is 11.3 Å². The van der Waals surface area contributed by atoms with Crippen LogP contribution >= 0.6 is 23.8 Å². The topological polar surface area (TPSA) is 79.0 Å². The first-order chi connectivity index (χ1) is 18.3. The molecule has 3 aromatic rings. The van der Waals surface area contributed by atoms with Gasteiger partial charge in [-0.15, -0.1) is 0 Å². The van der Waals surface area contributed by atoms with E-state index in [1.807, 2.05) is 48.5 Å². The minimum absolute atomic E-state index is 0.0737. The zero-order valence-corrected chi connectivity index (χ0v) is 22.3. The third-order valence-corrected chi connectivity index (χ3v) is 8.56. The number of carbonyl (C=O) groups is 3. The monoisotopic (exact) mass is 545 g/mol. The van der Waals surface area contributed by atoms with E-state index in [1.165, 1.54) is 4.90 Å². The number of thiocarbonyl (C=S) groups is 1. The van der Waals surface area contributed by atoms with Gasteiger partial charge in [-0.05, 0) is 24.6 Å². The van der Waals surface area contributed by atoms with E-state index in [0.717, 1.165) is 5.56 Å². The molecule has 3 atom stereocenters. The quantitative estimate of drug-likeness (QED) is 0.393. The van der Waals surface area contributed by atoms with Gasteiger partial charge in [0.05, 0.1) is 34.5 Å². The summed E-state index contributed by atoms with van der Waals surface area (Å²) in [6.45, 7) is 2.05. The van der Waals surface area contributed by atoms with Gasteiger partial charge in [0, 0.05) is 18.2 Å². The molecule has 2 amide bonds. The van der Waals surface area contributed by atoms with Crippen LogP contribution in [0.2, 0.25) is 5.02 Å². The molecule has 192 valence electrons. The van der Waals surface area contributed by atoms with Crippen molar-refractivity contribution in [2.45, 2.75) is 24.4 Å². The van der Waals surface area contributed by atoms with Gasteiger partial charge in [-0.25, -0.2) is 0 Å². The van der Waals surface area contributed by atoms with Crippen LogP contribution in [0.3, 0.4) is 0 Å². The minimum Gasteiger partial charge on any atom is -0.466 e. The Morgan fingerprint density at radius 2 is 1.68 bits per heavy atom. The Morgan fingerprint density at radius 1 is 1.00 bits per heavy atom. The van der Waals surface area contributed by atoms with Crippen molar-refractivity contribution < 1.29 is 19.1 Å². The molecule has 0 saturated carbocycles. The number of rotatable bonds is 4. The van der Waals surface area contributed by atoms with Crippen LogP contribution in [0.4, 0.5) is 11.4 Å². The van der Waals surface area contributed by atoms with E-state index < -0.39 is 28.7 Å². The molecule has 1 saturated heterocycles. The fourth-order valence-electron chi connectivity index (χ4n) is 6.34. The van der Waals surface area contributed by atoms with Crippen molar-refractivity contribution in [3.63, 3.8) is 0 Å². The zero-order chi connectivity index (χ0) is 26.8. The Labute approximate surface area is 230 Å². The van der Waals surface area contributed by atoms with Gasteiger partial charge in [0.25, 0.3) is 5.91 Å². The third kappa shape index (κ3) is 2.95. The van der Waals surface area contributed by atoms with Gasteiger partial charge in [-0.3, -0.25) is 14.4 Å². The van der Waals surface area contributed by atoms with Crippen molar-refractivity contribution in [1.29, 1.82) is 0 Å². The van der Waals surface area contributed by atoms with Gasteiger partial charge < -0.3 is 19.9 Å². The van der Waals surface area contributed by atoms with Crippen molar-refractivity contribution in [2.75, 3.05) is 23.5 Å². The van der Waals surface area contributed by atoms with Crippen molar-refractivity contribution >= 4 is 58.0 Å². The maximum Gasteiger partial charge on any atom is 0.314 e. The Kier molecular flexibility index (Phi) is 5.59. The van der Waals surface area contributed by atoms with Gasteiger partial charge in [-0.2, -0.15) is 0 Å². The number of benzene rings is 3. The van der Waals surface area contributed by atoms with E-state index in [9.17, 15) is 14.4 Å². The first-order valence-corrected chi connectivity index (χ1v) is 13.1. The molecule has 0 radical (unpaired) electrons. The van der Waals surface area contributed by atoms with Crippen LogP contribution in [0, 0.1) is 5.92 Å². The first-order valence-electron chi connectivity index (χ1n) is 12.3. The first kappa shape index (κ1) is 24.6. The molecule has 3 aliphatic rings. The normalized spacial score (nSPS) is 25.2. The maximum absolute atomic E-state index is 14.6. The van der Waals surface area contributed by atoms with Crippen LogP contribution in [-0.4, -0.2) is 36.4 Å². The minimum atomic E-state index is -1.66. The number of carbonyl (C=O) groups excluding carboxylic acids is 3. The summed E-state index contributed by atoms with van der Waals surface area (Å²) < 4.78 is 5.58. The summed E-state index contributed by atoms with van der Waals surface area (Å²) in [7, 11) is 1.60. The Bertz CT molecular complexity index is 1530. The predicted octanol–water partition coefficient (Wildman–Crippen LogP) is 4.11. The fraction of sp³-hybridized carbons (Fsp3) is 0.241. The molecule has 3 heterocycles. The fourth-order valence-corrected chi connectivity index (χ4v) is 7.12. The Balaban J connectivity index is 1.62. The highest BCUT2D eigenvalue weighted by molar-refractivity contribution is 7.80. The average molecular weight is 546 g/mol. The van der Waals surface area contributed by atoms with Crippen LogP contribution in [0.5, 0.6) is 0 Å². The molecule has 3 aliphatic heterocycles. The van der Waals surface area contributed by atoms with Crippen molar-refractivity contribution in [3.05, 3.63) is 94.5 Å². The molecular weight excluding hydrogens is 522 g/mol. The van der Waals surface area contributed by atoms with Gasteiger partial charge in [0.15, 0.2) is 5.54 Å². The summed E-state index contributed by atoms with van der Waals surface area (Å²) in [5.41, 5.74) is -0.218. The van der Waals surface area contributed by atoms with E-state index in [0.29, 0.717) is 27.5 Å². The number of anilines is 2. The number of hydrogen-bond donors (Lipinski definition) is 1. The summed E-state index contributed by atoms with van der Waals surface area (Å²) in [6, 6.07) is 22.0. The largest absolute Gasteiger partial charge is 0.466 e. The second-order valence-electron chi connectivity index (χ2n) is 9.65. The van der Waals surface area contributed by atoms with E-state index in [2.05, 4.69) is 5.32 Å². The SMILES string of the molecule is CCOC(=O)[C@@H]1[C@@]2(C(=O)N(C)c3c(Cl)cccc32)C(=S)N[C@@]12C(=O)N(Cc1ccccc1)c1ccccc12. The van der Waals surface area contributed by atoms with E-state index in [-0.39, 0.29) is 24.0 Å². The number of nitrogens with one attached hydrogen (secondary N) is 1. The van der Waals surface area contributed by atoms with E-state index in [4.69, 9.17) is 28.6 Å². The maximum atomic E-state index is 14.6. The van der Waals surface area contributed by atoms with Gasteiger partial charge >= 0.3 is 5.97 Å².